The predicted octanol–water partition coefficient (Wildman–Crippen LogP) is 7.61. The van der Waals surface area contributed by atoms with Gasteiger partial charge >= 0.3 is 19.8 Å². The number of hydrogen-bond acceptors (Lipinski definition) is 12. The van der Waals surface area contributed by atoms with Crippen molar-refractivity contribution < 1.29 is 63.1 Å². The zero-order chi connectivity index (χ0) is 42.2. The maximum absolute atomic E-state index is 12.8. The highest BCUT2D eigenvalue weighted by Gasteiger charge is 2.51. The quantitative estimate of drug-likeness (QED) is 0.0160. The summed E-state index contributed by atoms with van der Waals surface area (Å²) < 4.78 is 33.4. The van der Waals surface area contributed by atoms with Crippen LogP contribution in [0.2, 0.25) is 0 Å². The maximum Gasteiger partial charge on any atom is 0.472 e. The molecule has 0 bridgehead atoms. The van der Waals surface area contributed by atoms with Gasteiger partial charge < -0.3 is 39.9 Å². The van der Waals surface area contributed by atoms with Crippen LogP contribution in [0.5, 0.6) is 0 Å². The van der Waals surface area contributed by atoms with Crippen molar-refractivity contribution in [3.05, 3.63) is 48.6 Å². The van der Waals surface area contributed by atoms with Crippen LogP contribution in [0.1, 0.15) is 155 Å². The number of ether oxygens (including phenoxy) is 2. The van der Waals surface area contributed by atoms with Crippen LogP contribution in [0, 0.1) is 0 Å². The molecule has 0 aromatic heterocycles. The number of phosphoric acid groups is 1. The van der Waals surface area contributed by atoms with E-state index in [0.29, 0.717) is 12.8 Å². The Morgan fingerprint density at radius 1 is 0.561 bits per heavy atom. The summed E-state index contributed by atoms with van der Waals surface area (Å²) in [5.74, 6) is -1.13. The number of aliphatic hydroxyl groups is 5. The van der Waals surface area contributed by atoms with Crippen molar-refractivity contribution in [3.8, 4) is 0 Å². The molecule has 330 valence electrons. The van der Waals surface area contributed by atoms with Gasteiger partial charge in [-0.25, -0.2) is 4.57 Å². The van der Waals surface area contributed by atoms with Crippen LogP contribution in [0.3, 0.4) is 0 Å². The van der Waals surface area contributed by atoms with E-state index in [4.69, 9.17) is 18.5 Å². The number of rotatable bonds is 34. The molecule has 1 aliphatic carbocycles. The highest BCUT2D eigenvalue weighted by Crippen LogP contribution is 2.47. The van der Waals surface area contributed by atoms with E-state index in [0.717, 1.165) is 89.9 Å². The third kappa shape index (κ3) is 26.5. The van der Waals surface area contributed by atoms with Crippen LogP contribution >= 0.6 is 7.82 Å². The molecule has 0 saturated heterocycles. The first-order chi connectivity index (χ1) is 27.4. The standard InChI is InChI=1S/C43H75O13P/c1-3-5-7-9-11-13-15-17-18-20-22-24-26-28-30-32-37(45)55-35(34-54-57(51,52)56-43-41(49)39(47)38(46)40(48)42(43)50)33-53-36(44)31-29-27-25-23-21-19-16-14-12-10-8-6-4-2/h5,7,11,13-14,16-18,35,38-43,46-50H,3-4,6,8-10,12,15,19-34H2,1-2H3,(H,51,52)/b7-5-,13-11-,16-14-,18-17-/t35-,38?,39-,40?,41?,42?,43?/m1/s1. The summed E-state index contributed by atoms with van der Waals surface area (Å²) in [5.41, 5.74) is 0. The lowest BCUT2D eigenvalue weighted by Crippen LogP contribution is -2.64. The summed E-state index contributed by atoms with van der Waals surface area (Å²) in [7, 11) is -5.12. The molecule has 0 spiro atoms. The third-order valence-corrected chi connectivity index (χ3v) is 10.6. The maximum atomic E-state index is 12.8. The Hall–Kier alpha value is -2.19. The average Bonchev–Trinajstić information content (AvgIpc) is 3.19. The number of hydrogen-bond donors (Lipinski definition) is 6. The largest absolute Gasteiger partial charge is 0.472 e. The van der Waals surface area contributed by atoms with Crippen LogP contribution in [-0.2, 0) is 32.7 Å². The summed E-state index contributed by atoms with van der Waals surface area (Å²) in [4.78, 5) is 35.6. The van der Waals surface area contributed by atoms with Crippen molar-refractivity contribution in [3.63, 3.8) is 0 Å². The number of allylic oxidation sites excluding steroid dienone is 8. The minimum absolute atomic E-state index is 0.0741. The van der Waals surface area contributed by atoms with E-state index in [2.05, 4.69) is 62.5 Å². The Bertz CT molecular complexity index is 1190. The molecule has 1 rings (SSSR count). The molecule has 1 aliphatic rings. The minimum atomic E-state index is -5.12. The van der Waals surface area contributed by atoms with E-state index in [9.17, 15) is 44.6 Å². The van der Waals surface area contributed by atoms with Crippen molar-refractivity contribution >= 4 is 19.8 Å². The molecule has 14 heteroatoms. The van der Waals surface area contributed by atoms with Gasteiger partial charge in [0.1, 0.15) is 43.2 Å². The number of phosphoric ester groups is 1. The zero-order valence-electron chi connectivity index (χ0n) is 34.6. The lowest BCUT2D eigenvalue weighted by atomic mass is 9.85. The van der Waals surface area contributed by atoms with Crippen LogP contribution < -0.4 is 0 Å². The second-order valence-corrected chi connectivity index (χ2v) is 16.2. The van der Waals surface area contributed by atoms with E-state index in [1.165, 1.54) is 25.7 Å². The number of aliphatic hydroxyl groups excluding tert-OH is 5. The third-order valence-electron chi connectivity index (χ3n) is 9.65. The Kier molecular flexibility index (Phi) is 31.2. The topological polar surface area (TPSA) is 210 Å². The molecule has 0 heterocycles. The van der Waals surface area contributed by atoms with Crippen LogP contribution in [0.25, 0.3) is 0 Å². The molecule has 0 aromatic carbocycles. The first-order valence-electron chi connectivity index (χ1n) is 21.4. The zero-order valence-corrected chi connectivity index (χ0v) is 35.5. The highest BCUT2D eigenvalue weighted by molar-refractivity contribution is 7.47. The smallest absolute Gasteiger partial charge is 0.462 e. The molecule has 6 unspecified atom stereocenters. The lowest BCUT2D eigenvalue weighted by Gasteiger charge is -2.41. The normalized spacial score (nSPS) is 23.2. The SMILES string of the molecule is CC/C=C\C/C=C\C/C=C\CCCCCCCC(=O)O[C@H](COC(=O)CCCCCCC/C=C\CCCCCC)COP(=O)(O)OC1C(O)C(O)C(O)[C@@H](O)C1O. The predicted molar refractivity (Wildman–Crippen MR) is 221 cm³/mol. The van der Waals surface area contributed by atoms with E-state index in [1.807, 2.05) is 0 Å². The molecule has 8 atom stereocenters. The average molecular weight is 831 g/mol. The van der Waals surface area contributed by atoms with Gasteiger partial charge in [0.15, 0.2) is 6.10 Å². The molecule has 1 fully saturated rings. The van der Waals surface area contributed by atoms with Gasteiger partial charge in [0.2, 0.25) is 0 Å². The van der Waals surface area contributed by atoms with Crippen molar-refractivity contribution in [1.82, 2.24) is 0 Å². The van der Waals surface area contributed by atoms with E-state index in [1.54, 1.807) is 0 Å². The number of carbonyl (C=O) groups excluding carboxylic acids is 2. The summed E-state index contributed by atoms with van der Waals surface area (Å²) in [5, 5.41) is 50.0. The number of carbonyl (C=O) groups is 2. The van der Waals surface area contributed by atoms with Gasteiger partial charge in [-0.05, 0) is 70.6 Å². The molecule has 0 aliphatic heterocycles. The van der Waals surface area contributed by atoms with Gasteiger partial charge in [-0.2, -0.15) is 0 Å². The van der Waals surface area contributed by atoms with Gasteiger partial charge in [-0.15, -0.1) is 0 Å². The molecule has 57 heavy (non-hydrogen) atoms. The fourth-order valence-electron chi connectivity index (χ4n) is 6.18. The molecular weight excluding hydrogens is 755 g/mol. The molecule has 1 saturated carbocycles. The molecule has 0 radical (unpaired) electrons. The van der Waals surface area contributed by atoms with Gasteiger partial charge in [0, 0.05) is 12.8 Å². The van der Waals surface area contributed by atoms with E-state index < -0.39 is 75.7 Å². The number of esters is 2. The van der Waals surface area contributed by atoms with Crippen LogP contribution in [0.4, 0.5) is 0 Å². The number of unbranched alkanes of at least 4 members (excludes halogenated alkanes) is 14. The van der Waals surface area contributed by atoms with Gasteiger partial charge in [-0.1, -0.05) is 120 Å². The van der Waals surface area contributed by atoms with Gasteiger partial charge in [0.25, 0.3) is 0 Å². The Balaban J connectivity index is 2.52. The summed E-state index contributed by atoms with van der Waals surface area (Å²) in [6.07, 6.45) is 24.6. The Labute approximate surface area is 341 Å². The monoisotopic (exact) mass is 830 g/mol. The Morgan fingerprint density at radius 2 is 1.00 bits per heavy atom. The second-order valence-electron chi connectivity index (χ2n) is 14.8. The first kappa shape index (κ1) is 52.8. The van der Waals surface area contributed by atoms with Crippen molar-refractivity contribution in [1.29, 1.82) is 0 Å². The summed E-state index contributed by atoms with van der Waals surface area (Å²) in [6, 6.07) is 0. The van der Waals surface area contributed by atoms with Crippen molar-refractivity contribution in [2.45, 2.75) is 198 Å². The van der Waals surface area contributed by atoms with Crippen molar-refractivity contribution in [2.24, 2.45) is 0 Å². The van der Waals surface area contributed by atoms with Gasteiger partial charge in [-0.3, -0.25) is 18.6 Å². The molecular formula is C43H75O13P. The fourth-order valence-corrected chi connectivity index (χ4v) is 7.15. The lowest BCUT2D eigenvalue weighted by molar-refractivity contribution is -0.220. The molecule has 13 nitrogen and oxygen atoms in total. The molecule has 6 N–H and O–H groups in total. The first-order valence-corrected chi connectivity index (χ1v) is 22.9. The molecule has 0 aromatic rings. The Morgan fingerprint density at radius 3 is 1.54 bits per heavy atom. The summed E-state index contributed by atoms with van der Waals surface area (Å²) >= 11 is 0. The minimum Gasteiger partial charge on any atom is -0.462 e. The fraction of sp³-hybridized carbons (Fsp3) is 0.767. The van der Waals surface area contributed by atoms with Crippen molar-refractivity contribution in [2.75, 3.05) is 13.2 Å². The highest BCUT2D eigenvalue weighted by atomic mass is 31.2. The summed E-state index contributed by atoms with van der Waals surface area (Å²) in [6.45, 7) is 3.13. The van der Waals surface area contributed by atoms with E-state index in [-0.39, 0.29) is 12.8 Å². The molecule has 0 amide bonds. The van der Waals surface area contributed by atoms with Gasteiger partial charge in [0.05, 0.1) is 6.61 Å². The van der Waals surface area contributed by atoms with E-state index >= 15 is 0 Å². The second kappa shape index (κ2) is 33.6. The van der Waals surface area contributed by atoms with Crippen LogP contribution in [-0.4, -0.2) is 98.3 Å². The van der Waals surface area contributed by atoms with Crippen LogP contribution in [0.15, 0.2) is 48.6 Å².